The minimum atomic E-state index is -1.08. The second kappa shape index (κ2) is 10.1. The molecule has 2 aromatic carbocycles. The summed E-state index contributed by atoms with van der Waals surface area (Å²) in [4.78, 5) is 24.4. The van der Waals surface area contributed by atoms with Crippen molar-refractivity contribution in [1.29, 1.82) is 0 Å². The van der Waals surface area contributed by atoms with Crippen LogP contribution in [0.1, 0.15) is 19.4 Å². The van der Waals surface area contributed by atoms with E-state index in [1.54, 1.807) is 69.5 Å². The molecule has 0 spiro atoms. The lowest BCUT2D eigenvalue weighted by molar-refractivity contribution is -0.128. The van der Waals surface area contributed by atoms with Gasteiger partial charge in [0.1, 0.15) is 5.75 Å². The maximum atomic E-state index is 12.6. The Kier molecular flexibility index (Phi) is 7.84. The summed E-state index contributed by atoms with van der Waals surface area (Å²) in [6.07, 6.45) is 0.267. The summed E-state index contributed by atoms with van der Waals surface area (Å²) in [5.74, 6) is 0.193. The standard InChI is InChI=1S/C21H25ClN2O4/c1-21(2,28-18-10-6-16(22)7-11-18)20(26)24-17-8-4-15(5-9-17)14-19(25)23-12-13-27-3/h4-11H,12-14H2,1-3H3,(H,23,25)(H,24,26). The fourth-order valence-corrected chi connectivity index (χ4v) is 2.50. The Morgan fingerprint density at radius 2 is 1.68 bits per heavy atom. The molecule has 7 heteroatoms. The molecule has 2 rings (SSSR count). The highest BCUT2D eigenvalue weighted by Crippen LogP contribution is 2.22. The van der Waals surface area contributed by atoms with E-state index >= 15 is 0 Å². The van der Waals surface area contributed by atoms with Crippen molar-refractivity contribution in [1.82, 2.24) is 5.32 Å². The van der Waals surface area contributed by atoms with Crippen molar-refractivity contribution in [3.63, 3.8) is 0 Å². The monoisotopic (exact) mass is 404 g/mol. The first-order valence-electron chi connectivity index (χ1n) is 8.91. The Morgan fingerprint density at radius 1 is 1.04 bits per heavy atom. The number of nitrogens with one attached hydrogen (secondary N) is 2. The zero-order valence-corrected chi connectivity index (χ0v) is 17.0. The topological polar surface area (TPSA) is 76.7 Å². The second-order valence-electron chi connectivity index (χ2n) is 6.74. The van der Waals surface area contributed by atoms with E-state index in [-0.39, 0.29) is 18.2 Å². The average Bonchev–Trinajstić information content (AvgIpc) is 2.65. The van der Waals surface area contributed by atoms with Crippen LogP contribution in [0.25, 0.3) is 0 Å². The number of halogens is 1. The van der Waals surface area contributed by atoms with E-state index in [9.17, 15) is 9.59 Å². The van der Waals surface area contributed by atoms with Crippen LogP contribution < -0.4 is 15.4 Å². The SMILES string of the molecule is COCCNC(=O)Cc1ccc(NC(=O)C(C)(C)Oc2ccc(Cl)cc2)cc1. The van der Waals surface area contributed by atoms with Crippen LogP contribution in [0.15, 0.2) is 48.5 Å². The molecule has 0 aromatic heterocycles. The normalized spacial score (nSPS) is 11.0. The second-order valence-corrected chi connectivity index (χ2v) is 7.17. The molecule has 0 radical (unpaired) electrons. The molecule has 150 valence electrons. The number of carbonyl (C=O) groups is 2. The lowest BCUT2D eigenvalue weighted by Gasteiger charge is -2.25. The number of anilines is 1. The molecule has 0 aliphatic heterocycles. The van der Waals surface area contributed by atoms with E-state index < -0.39 is 5.60 Å². The third-order valence-corrected chi connectivity index (χ3v) is 4.19. The van der Waals surface area contributed by atoms with Gasteiger partial charge in [0.25, 0.3) is 5.91 Å². The van der Waals surface area contributed by atoms with Crippen molar-refractivity contribution in [3.8, 4) is 5.75 Å². The van der Waals surface area contributed by atoms with Crippen LogP contribution in [-0.4, -0.2) is 37.7 Å². The van der Waals surface area contributed by atoms with Gasteiger partial charge in [-0.05, 0) is 55.8 Å². The van der Waals surface area contributed by atoms with Crippen molar-refractivity contribution in [2.75, 3.05) is 25.6 Å². The summed E-state index contributed by atoms with van der Waals surface area (Å²) in [7, 11) is 1.58. The summed E-state index contributed by atoms with van der Waals surface area (Å²) < 4.78 is 10.7. The highest BCUT2D eigenvalue weighted by Gasteiger charge is 2.30. The number of hydrogen-bond acceptors (Lipinski definition) is 4. The molecule has 0 saturated carbocycles. The number of ether oxygens (including phenoxy) is 2. The summed E-state index contributed by atoms with van der Waals surface area (Å²) in [5, 5.41) is 6.20. The number of amides is 2. The Labute approximate surface area is 170 Å². The molecular weight excluding hydrogens is 380 g/mol. The van der Waals surface area contributed by atoms with Gasteiger partial charge in [-0.25, -0.2) is 0 Å². The van der Waals surface area contributed by atoms with Gasteiger partial charge in [-0.15, -0.1) is 0 Å². The minimum absolute atomic E-state index is 0.0775. The van der Waals surface area contributed by atoms with Crippen molar-refractivity contribution in [2.24, 2.45) is 0 Å². The van der Waals surface area contributed by atoms with E-state index in [4.69, 9.17) is 21.1 Å². The summed E-state index contributed by atoms with van der Waals surface area (Å²) in [6, 6.07) is 14.0. The van der Waals surface area contributed by atoms with Gasteiger partial charge in [0.2, 0.25) is 5.91 Å². The predicted molar refractivity (Wildman–Crippen MR) is 110 cm³/mol. The number of hydrogen-bond donors (Lipinski definition) is 2. The van der Waals surface area contributed by atoms with E-state index in [1.807, 2.05) is 0 Å². The number of rotatable bonds is 9. The third kappa shape index (κ3) is 6.87. The largest absolute Gasteiger partial charge is 0.478 e. The van der Waals surface area contributed by atoms with Crippen LogP contribution in [0.2, 0.25) is 5.02 Å². The van der Waals surface area contributed by atoms with Gasteiger partial charge in [-0.1, -0.05) is 23.7 Å². The molecule has 0 saturated heterocycles. The molecule has 0 fully saturated rings. The maximum Gasteiger partial charge on any atom is 0.267 e. The summed E-state index contributed by atoms with van der Waals surface area (Å²) in [6.45, 7) is 4.34. The first-order valence-corrected chi connectivity index (χ1v) is 9.28. The number of methoxy groups -OCH3 is 1. The molecule has 0 aliphatic carbocycles. The van der Waals surface area contributed by atoms with Crippen LogP contribution >= 0.6 is 11.6 Å². The molecule has 0 bridgehead atoms. The molecule has 6 nitrogen and oxygen atoms in total. The lowest BCUT2D eigenvalue weighted by atomic mass is 10.1. The Morgan fingerprint density at radius 3 is 2.29 bits per heavy atom. The molecule has 0 unspecified atom stereocenters. The third-order valence-electron chi connectivity index (χ3n) is 3.94. The Hall–Kier alpha value is -2.57. The van der Waals surface area contributed by atoms with Gasteiger partial charge in [0.05, 0.1) is 13.0 Å². The van der Waals surface area contributed by atoms with Crippen LogP contribution in [0.4, 0.5) is 5.69 Å². The van der Waals surface area contributed by atoms with E-state index in [2.05, 4.69) is 10.6 Å². The van der Waals surface area contributed by atoms with Gasteiger partial charge < -0.3 is 20.1 Å². The van der Waals surface area contributed by atoms with Crippen LogP contribution in [0.5, 0.6) is 5.75 Å². The molecule has 2 amide bonds. The molecule has 2 aromatic rings. The molecule has 2 N–H and O–H groups in total. The van der Waals surface area contributed by atoms with Gasteiger partial charge in [0.15, 0.2) is 5.60 Å². The van der Waals surface area contributed by atoms with E-state index in [0.717, 1.165) is 5.56 Å². The number of benzene rings is 2. The van der Waals surface area contributed by atoms with Crippen molar-refractivity contribution >= 4 is 29.1 Å². The first kappa shape index (κ1) is 21.7. The average molecular weight is 405 g/mol. The molecule has 0 heterocycles. The molecule has 0 atom stereocenters. The van der Waals surface area contributed by atoms with Crippen LogP contribution in [-0.2, 0) is 20.7 Å². The summed E-state index contributed by atoms with van der Waals surface area (Å²) >= 11 is 5.86. The predicted octanol–water partition coefficient (Wildman–Crippen LogP) is 3.44. The van der Waals surface area contributed by atoms with Gasteiger partial charge in [-0.3, -0.25) is 9.59 Å². The van der Waals surface area contributed by atoms with Gasteiger partial charge in [-0.2, -0.15) is 0 Å². The quantitative estimate of drug-likeness (QED) is 0.627. The van der Waals surface area contributed by atoms with Gasteiger partial charge >= 0.3 is 0 Å². The van der Waals surface area contributed by atoms with E-state index in [1.165, 1.54) is 0 Å². The minimum Gasteiger partial charge on any atom is -0.478 e. The highest BCUT2D eigenvalue weighted by molar-refractivity contribution is 6.30. The Bertz CT molecular complexity index is 789. The zero-order chi connectivity index (χ0) is 20.6. The number of carbonyl (C=O) groups excluding carboxylic acids is 2. The van der Waals surface area contributed by atoms with Crippen LogP contribution in [0, 0.1) is 0 Å². The first-order chi connectivity index (χ1) is 13.3. The van der Waals surface area contributed by atoms with Crippen molar-refractivity contribution < 1.29 is 19.1 Å². The van der Waals surface area contributed by atoms with Crippen LogP contribution in [0.3, 0.4) is 0 Å². The molecular formula is C21H25ClN2O4. The Balaban J connectivity index is 1.90. The zero-order valence-electron chi connectivity index (χ0n) is 16.3. The lowest BCUT2D eigenvalue weighted by Crippen LogP contribution is -2.42. The smallest absolute Gasteiger partial charge is 0.267 e. The molecule has 0 aliphatic rings. The molecule has 28 heavy (non-hydrogen) atoms. The fraction of sp³-hybridized carbons (Fsp3) is 0.333. The summed E-state index contributed by atoms with van der Waals surface area (Å²) in [5.41, 5.74) is 0.402. The maximum absolute atomic E-state index is 12.6. The fourth-order valence-electron chi connectivity index (χ4n) is 2.37. The van der Waals surface area contributed by atoms with Gasteiger partial charge in [0, 0.05) is 24.4 Å². The highest BCUT2D eigenvalue weighted by atomic mass is 35.5. The van der Waals surface area contributed by atoms with E-state index in [0.29, 0.717) is 29.6 Å². The van der Waals surface area contributed by atoms with Crippen molar-refractivity contribution in [3.05, 3.63) is 59.1 Å². The van der Waals surface area contributed by atoms with Crippen molar-refractivity contribution in [2.45, 2.75) is 25.9 Å².